The van der Waals surface area contributed by atoms with E-state index >= 15 is 0 Å². The summed E-state index contributed by atoms with van der Waals surface area (Å²) in [5.74, 6) is -1.49. The maximum absolute atomic E-state index is 13.2. The number of H-pyrrole nitrogens is 1. The zero-order valence-electron chi connectivity index (χ0n) is 22.0. The number of alkyl halides is 4. The maximum Gasteiger partial charge on any atom is 0.451 e. The van der Waals surface area contributed by atoms with E-state index in [2.05, 4.69) is 41.0 Å². The zero-order chi connectivity index (χ0) is 28.6. The quantitative estimate of drug-likeness (QED) is 0.309. The first-order valence-corrected chi connectivity index (χ1v) is 13.4. The van der Waals surface area contributed by atoms with E-state index < -0.39 is 24.2 Å². The van der Waals surface area contributed by atoms with Crippen LogP contribution in [0.1, 0.15) is 43.6 Å². The van der Waals surface area contributed by atoms with Gasteiger partial charge in [0.2, 0.25) is 11.7 Å². The average molecular weight is 570 g/mol. The summed E-state index contributed by atoms with van der Waals surface area (Å²) in [6.07, 6.45) is 4.91. The molecule has 4 aromatic rings. The molecule has 0 amide bonds. The van der Waals surface area contributed by atoms with Gasteiger partial charge in [0, 0.05) is 55.0 Å². The lowest BCUT2D eigenvalue weighted by Crippen LogP contribution is -2.65. The van der Waals surface area contributed by atoms with E-state index in [0.29, 0.717) is 32.4 Å². The van der Waals surface area contributed by atoms with Crippen LogP contribution in [-0.4, -0.2) is 71.5 Å². The average Bonchev–Trinajstić information content (AvgIpc) is 3.61. The van der Waals surface area contributed by atoms with Crippen molar-refractivity contribution in [3.63, 3.8) is 0 Å². The summed E-state index contributed by atoms with van der Waals surface area (Å²) in [4.78, 5) is 21.0. The fraction of sp³-hybridized carbons (Fsp3) is 0.481. The van der Waals surface area contributed by atoms with Crippen LogP contribution in [0.2, 0.25) is 0 Å². The second-order valence-corrected chi connectivity index (χ2v) is 10.6. The highest BCUT2D eigenvalue weighted by molar-refractivity contribution is 5.90. The fourth-order valence-corrected chi connectivity index (χ4v) is 5.84. The van der Waals surface area contributed by atoms with E-state index in [1.165, 1.54) is 12.4 Å². The molecule has 14 heteroatoms. The summed E-state index contributed by atoms with van der Waals surface area (Å²) in [6, 6.07) is 5.78. The van der Waals surface area contributed by atoms with Gasteiger partial charge >= 0.3 is 6.18 Å². The minimum atomic E-state index is -4.74. The van der Waals surface area contributed by atoms with Gasteiger partial charge in [0.05, 0.1) is 36.7 Å². The van der Waals surface area contributed by atoms with Gasteiger partial charge in [-0.05, 0) is 31.7 Å². The minimum Gasteiger partial charge on any atom is -0.474 e. The van der Waals surface area contributed by atoms with Gasteiger partial charge in [-0.1, -0.05) is 0 Å². The van der Waals surface area contributed by atoms with E-state index in [-0.39, 0.29) is 30.1 Å². The zero-order valence-corrected chi connectivity index (χ0v) is 22.0. The Labute approximate surface area is 232 Å². The molecular weight excluding hydrogens is 542 g/mol. The number of hydrogen-bond acceptors (Lipinski definition) is 8. The molecule has 1 saturated carbocycles. The lowest BCUT2D eigenvalue weighted by molar-refractivity contribution is -0.145. The number of aromatic nitrogens is 7. The van der Waals surface area contributed by atoms with E-state index in [9.17, 15) is 22.8 Å². The monoisotopic (exact) mass is 569 g/mol. The number of aromatic amines is 1. The first-order chi connectivity index (χ1) is 19.8. The molecule has 2 fully saturated rings. The molecule has 0 atom stereocenters. The number of hydrogen-bond donors (Lipinski definition) is 1. The SMILES string of the molecule is N#CCC1(n2cc(-c3ncnc4[nH]ccc34)cn2)CN(C2CCC(Oc3cc(CCF)nc(C(F)(F)F)n3)CC2)C1. The van der Waals surface area contributed by atoms with Crippen LogP contribution in [-0.2, 0) is 18.1 Å². The van der Waals surface area contributed by atoms with E-state index in [1.807, 2.05) is 23.1 Å². The number of fused-ring (bicyclic) bond motifs is 1. The molecule has 1 aliphatic heterocycles. The molecule has 0 bridgehead atoms. The standard InChI is InChI=1S/C27H27F4N9O/c28-8-5-18-11-22(38-25(37-18)27(29,30)31)41-20-3-1-19(2-4-20)39-14-26(15-39,7-9-32)40-13-17(12-36-40)23-21-6-10-33-24(21)35-16-34-23/h6,10-13,16,19-20H,1-5,7-8,14-15H2,(H,33,34,35). The molecule has 5 heterocycles. The molecule has 214 valence electrons. The minimum absolute atomic E-state index is 0.0352. The first kappa shape index (κ1) is 27.1. The van der Waals surface area contributed by atoms with Crippen molar-refractivity contribution in [2.75, 3.05) is 19.8 Å². The van der Waals surface area contributed by atoms with Crippen molar-refractivity contribution < 1.29 is 22.3 Å². The molecular formula is C27H27F4N9O. The number of likely N-dealkylation sites (tertiary alicyclic amines) is 1. The number of halogens is 4. The van der Waals surface area contributed by atoms with Crippen LogP contribution in [0.25, 0.3) is 22.3 Å². The lowest BCUT2D eigenvalue weighted by Gasteiger charge is -2.53. The number of rotatable bonds is 8. The van der Waals surface area contributed by atoms with Gasteiger partial charge < -0.3 is 9.72 Å². The summed E-state index contributed by atoms with van der Waals surface area (Å²) in [5.41, 5.74) is 1.87. The Morgan fingerprint density at radius 2 is 1.95 bits per heavy atom. The van der Waals surface area contributed by atoms with E-state index in [1.54, 1.807) is 6.20 Å². The van der Waals surface area contributed by atoms with Crippen LogP contribution in [0, 0.1) is 11.3 Å². The Balaban J connectivity index is 1.09. The molecule has 0 unspecified atom stereocenters. The van der Waals surface area contributed by atoms with Gasteiger partial charge in [-0.15, -0.1) is 0 Å². The predicted molar refractivity (Wildman–Crippen MR) is 138 cm³/mol. The molecule has 1 saturated heterocycles. The number of nitrogens with zero attached hydrogens (tertiary/aromatic N) is 8. The molecule has 6 rings (SSSR count). The molecule has 0 spiro atoms. The van der Waals surface area contributed by atoms with E-state index in [0.717, 1.165) is 35.1 Å². The highest BCUT2D eigenvalue weighted by Crippen LogP contribution is 2.39. The summed E-state index contributed by atoms with van der Waals surface area (Å²) in [6.45, 7) is 0.503. The highest BCUT2D eigenvalue weighted by atomic mass is 19.4. The van der Waals surface area contributed by atoms with Gasteiger partial charge in [0.15, 0.2) is 0 Å². The molecule has 41 heavy (non-hydrogen) atoms. The topological polar surface area (TPSA) is 121 Å². The Bertz CT molecular complexity index is 1560. The van der Waals surface area contributed by atoms with Crippen LogP contribution in [0.4, 0.5) is 17.6 Å². The molecule has 0 radical (unpaired) electrons. The third kappa shape index (κ3) is 5.33. The van der Waals surface area contributed by atoms with Crippen molar-refractivity contribution in [3.8, 4) is 23.2 Å². The molecule has 0 aromatic carbocycles. The van der Waals surface area contributed by atoms with Gasteiger partial charge in [-0.3, -0.25) is 14.0 Å². The second kappa shape index (κ2) is 10.7. The maximum atomic E-state index is 13.2. The Morgan fingerprint density at radius 3 is 2.68 bits per heavy atom. The number of aryl methyl sites for hydroxylation is 1. The van der Waals surface area contributed by atoms with Crippen molar-refractivity contribution in [2.24, 2.45) is 0 Å². The third-order valence-corrected chi connectivity index (χ3v) is 7.91. The fourth-order valence-electron chi connectivity index (χ4n) is 5.84. The number of nitrogens with one attached hydrogen (secondary N) is 1. The molecule has 4 aromatic heterocycles. The molecule has 2 aliphatic rings. The number of nitriles is 1. The largest absolute Gasteiger partial charge is 0.474 e. The van der Waals surface area contributed by atoms with Crippen LogP contribution in [0.5, 0.6) is 5.88 Å². The third-order valence-electron chi connectivity index (χ3n) is 7.91. The van der Waals surface area contributed by atoms with Gasteiger partial charge in [0.25, 0.3) is 0 Å². The highest BCUT2D eigenvalue weighted by Gasteiger charge is 2.48. The van der Waals surface area contributed by atoms with Crippen molar-refractivity contribution in [1.82, 2.24) is 39.6 Å². The van der Waals surface area contributed by atoms with Gasteiger partial charge in [0.1, 0.15) is 23.6 Å². The summed E-state index contributed by atoms with van der Waals surface area (Å²) in [7, 11) is 0. The van der Waals surface area contributed by atoms with Crippen molar-refractivity contribution in [2.45, 2.75) is 62.4 Å². The first-order valence-electron chi connectivity index (χ1n) is 13.4. The smallest absolute Gasteiger partial charge is 0.451 e. The van der Waals surface area contributed by atoms with Gasteiger partial charge in [-0.2, -0.15) is 28.5 Å². The normalized spacial score (nSPS) is 21.0. The molecule has 1 N–H and O–H groups in total. The van der Waals surface area contributed by atoms with Gasteiger partial charge in [-0.25, -0.2) is 15.0 Å². The number of ether oxygens (including phenoxy) is 1. The van der Waals surface area contributed by atoms with Crippen LogP contribution in [0.3, 0.4) is 0 Å². The molecule has 10 nitrogen and oxygen atoms in total. The Morgan fingerprint density at radius 1 is 1.15 bits per heavy atom. The van der Waals surface area contributed by atoms with Crippen LogP contribution >= 0.6 is 0 Å². The Kier molecular flexibility index (Phi) is 7.06. The summed E-state index contributed by atoms with van der Waals surface area (Å²) >= 11 is 0. The van der Waals surface area contributed by atoms with Crippen molar-refractivity contribution >= 4 is 11.0 Å². The van der Waals surface area contributed by atoms with Crippen LogP contribution in [0.15, 0.2) is 37.1 Å². The molecule has 1 aliphatic carbocycles. The lowest BCUT2D eigenvalue weighted by atomic mass is 9.82. The van der Waals surface area contributed by atoms with Crippen molar-refractivity contribution in [1.29, 1.82) is 5.26 Å². The summed E-state index contributed by atoms with van der Waals surface area (Å²) < 4.78 is 60.1. The van der Waals surface area contributed by atoms with Crippen molar-refractivity contribution in [3.05, 3.63) is 48.6 Å². The second-order valence-electron chi connectivity index (χ2n) is 10.6. The summed E-state index contributed by atoms with van der Waals surface area (Å²) in [5, 5.41) is 15.1. The predicted octanol–water partition coefficient (Wildman–Crippen LogP) is 4.46. The van der Waals surface area contributed by atoms with Crippen LogP contribution < -0.4 is 4.74 Å². The van der Waals surface area contributed by atoms with E-state index in [4.69, 9.17) is 4.74 Å². The Hall–Kier alpha value is -4.12.